The van der Waals surface area contributed by atoms with Crippen LogP contribution in [-0.4, -0.2) is 54.1 Å². The molecule has 0 aliphatic carbocycles. The van der Waals surface area contributed by atoms with Crippen LogP contribution in [0.3, 0.4) is 0 Å². The molecule has 1 aromatic rings. The summed E-state index contributed by atoms with van der Waals surface area (Å²) in [5.41, 5.74) is 2.06. The Morgan fingerprint density at radius 1 is 1.30 bits per heavy atom. The van der Waals surface area contributed by atoms with Gasteiger partial charge in [0.2, 0.25) is 0 Å². The first kappa shape index (κ1) is 17.1. The van der Waals surface area contributed by atoms with Crippen LogP contribution in [0.1, 0.15) is 25.8 Å². The smallest absolute Gasteiger partial charge is 0.0869 e. The van der Waals surface area contributed by atoms with E-state index in [1.807, 2.05) is 11.8 Å². The molecule has 3 unspecified atom stereocenters. The van der Waals surface area contributed by atoms with Crippen LogP contribution >= 0.6 is 11.8 Å². The van der Waals surface area contributed by atoms with E-state index in [-0.39, 0.29) is 12.2 Å². The number of hydrogen-bond donors (Lipinski definition) is 2. The molecule has 2 fully saturated rings. The molecule has 3 atom stereocenters. The van der Waals surface area contributed by atoms with E-state index < -0.39 is 5.60 Å². The van der Waals surface area contributed by atoms with E-state index in [2.05, 4.69) is 48.3 Å². The lowest BCUT2D eigenvalue weighted by Crippen LogP contribution is -2.46. The second-order valence-corrected chi connectivity index (χ2v) is 8.03. The zero-order chi connectivity index (χ0) is 16.3. The molecule has 0 radical (unpaired) electrons. The molecule has 0 aromatic heterocycles. The fourth-order valence-electron chi connectivity index (χ4n) is 3.51. The minimum absolute atomic E-state index is 0.260. The number of para-hydroxylation sites is 1. The van der Waals surface area contributed by atoms with Crippen LogP contribution in [0, 0.1) is 0 Å². The van der Waals surface area contributed by atoms with E-state index in [1.165, 1.54) is 11.3 Å². The molecule has 23 heavy (non-hydrogen) atoms. The standard InChI is InChI=1S/C18H28N2O2S/c1-14-10-20(11-15(2)22-14)17-6-4-3-5-16(17)9-19-12-18(21)7-8-23-13-18/h3-6,14-15,19,21H,7-13H2,1-2H3. The zero-order valence-electron chi connectivity index (χ0n) is 14.1. The van der Waals surface area contributed by atoms with E-state index >= 15 is 0 Å². The summed E-state index contributed by atoms with van der Waals surface area (Å²) in [5, 5.41) is 13.9. The second-order valence-electron chi connectivity index (χ2n) is 6.92. The summed E-state index contributed by atoms with van der Waals surface area (Å²) in [4.78, 5) is 2.43. The highest BCUT2D eigenvalue weighted by atomic mass is 32.2. The van der Waals surface area contributed by atoms with Gasteiger partial charge in [-0.1, -0.05) is 18.2 Å². The average Bonchev–Trinajstić information content (AvgIpc) is 2.93. The summed E-state index contributed by atoms with van der Waals surface area (Å²) in [5.74, 6) is 1.92. The van der Waals surface area contributed by atoms with Crippen molar-refractivity contribution >= 4 is 17.4 Å². The number of ether oxygens (including phenoxy) is 1. The molecule has 2 saturated heterocycles. The Kier molecular flexibility index (Phi) is 5.52. The first-order valence-electron chi connectivity index (χ1n) is 8.55. The van der Waals surface area contributed by atoms with Gasteiger partial charge in [-0.15, -0.1) is 0 Å². The normalized spacial score (nSPS) is 31.5. The predicted molar refractivity (Wildman–Crippen MR) is 97.3 cm³/mol. The summed E-state index contributed by atoms with van der Waals surface area (Å²) in [6, 6.07) is 8.57. The molecular weight excluding hydrogens is 308 g/mol. The minimum atomic E-state index is -0.526. The molecular formula is C18H28N2O2S. The first-order chi connectivity index (χ1) is 11.1. The number of nitrogens with one attached hydrogen (secondary N) is 1. The highest BCUT2D eigenvalue weighted by Gasteiger charge is 2.31. The Labute approximate surface area is 143 Å². The molecule has 2 aliphatic heterocycles. The molecule has 1 aromatic carbocycles. The van der Waals surface area contributed by atoms with Gasteiger partial charge in [0, 0.05) is 37.6 Å². The third kappa shape index (κ3) is 4.41. The highest BCUT2D eigenvalue weighted by Crippen LogP contribution is 2.28. The Hall–Kier alpha value is -0.750. The van der Waals surface area contributed by atoms with Crippen LogP contribution in [0.4, 0.5) is 5.69 Å². The number of thioether (sulfide) groups is 1. The minimum Gasteiger partial charge on any atom is -0.388 e. The fraction of sp³-hybridized carbons (Fsp3) is 0.667. The van der Waals surface area contributed by atoms with Crippen LogP contribution in [0.25, 0.3) is 0 Å². The van der Waals surface area contributed by atoms with E-state index in [1.54, 1.807) is 0 Å². The maximum atomic E-state index is 10.4. The molecule has 3 rings (SSSR count). The molecule has 5 heteroatoms. The third-order valence-corrected chi connectivity index (χ3v) is 5.84. The van der Waals surface area contributed by atoms with Crippen molar-refractivity contribution in [3.05, 3.63) is 29.8 Å². The molecule has 2 N–H and O–H groups in total. The zero-order valence-corrected chi connectivity index (χ0v) is 14.9. The number of rotatable bonds is 5. The molecule has 0 saturated carbocycles. The number of aliphatic hydroxyl groups is 1. The monoisotopic (exact) mass is 336 g/mol. The molecule has 2 aliphatic rings. The van der Waals surface area contributed by atoms with Gasteiger partial charge >= 0.3 is 0 Å². The lowest BCUT2D eigenvalue weighted by Gasteiger charge is -2.38. The van der Waals surface area contributed by atoms with Crippen molar-refractivity contribution < 1.29 is 9.84 Å². The van der Waals surface area contributed by atoms with E-state index in [9.17, 15) is 5.11 Å². The molecule has 2 heterocycles. The fourth-order valence-corrected chi connectivity index (χ4v) is 4.80. The van der Waals surface area contributed by atoms with Crippen LogP contribution in [0.5, 0.6) is 0 Å². The van der Waals surface area contributed by atoms with Crippen molar-refractivity contribution in [2.45, 2.75) is 44.6 Å². The number of morpholine rings is 1. The van der Waals surface area contributed by atoms with Crippen molar-refractivity contribution in [1.82, 2.24) is 5.32 Å². The Morgan fingerprint density at radius 2 is 2.04 bits per heavy atom. The van der Waals surface area contributed by atoms with Crippen molar-refractivity contribution in [2.75, 3.05) is 36.0 Å². The maximum absolute atomic E-state index is 10.4. The average molecular weight is 337 g/mol. The molecule has 4 nitrogen and oxygen atoms in total. The third-order valence-electron chi connectivity index (χ3n) is 4.60. The van der Waals surface area contributed by atoms with Crippen molar-refractivity contribution in [2.24, 2.45) is 0 Å². The van der Waals surface area contributed by atoms with Gasteiger partial charge < -0.3 is 20.1 Å². The topological polar surface area (TPSA) is 44.7 Å². The van der Waals surface area contributed by atoms with Gasteiger partial charge in [0.05, 0.1) is 17.8 Å². The van der Waals surface area contributed by atoms with E-state index in [0.29, 0.717) is 6.54 Å². The van der Waals surface area contributed by atoms with Gasteiger partial charge in [-0.3, -0.25) is 0 Å². The van der Waals surface area contributed by atoms with Gasteiger partial charge in [0.15, 0.2) is 0 Å². The van der Waals surface area contributed by atoms with Crippen LogP contribution in [0.2, 0.25) is 0 Å². The number of nitrogens with zero attached hydrogens (tertiary/aromatic N) is 1. The van der Waals surface area contributed by atoms with Crippen molar-refractivity contribution in [3.8, 4) is 0 Å². The number of hydrogen-bond acceptors (Lipinski definition) is 5. The van der Waals surface area contributed by atoms with Crippen molar-refractivity contribution in [1.29, 1.82) is 0 Å². The summed E-state index contributed by atoms with van der Waals surface area (Å²) in [6.07, 6.45) is 1.41. The Balaban J connectivity index is 1.63. The van der Waals surface area contributed by atoms with Crippen LogP contribution < -0.4 is 10.2 Å². The highest BCUT2D eigenvalue weighted by molar-refractivity contribution is 7.99. The van der Waals surface area contributed by atoms with Crippen LogP contribution in [0.15, 0.2) is 24.3 Å². The van der Waals surface area contributed by atoms with Crippen molar-refractivity contribution in [3.63, 3.8) is 0 Å². The van der Waals surface area contributed by atoms with Gasteiger partial charge in [0.25, 0.3) is 0 Å². The van der Waals surface area contributed by atoms with Gasteiger partial charge in [-0.2, -0.15) is 11.8 Å². The van der Waals surface area contributed by atoms with Gasteiger partial charge in [-0.25, -0.2) is 0 Å². The summed E-state index contributed by atoms with van der Waals surface area (Å²) >= 11 is 1.84. The van der Waals surface area contributed by atoms with Gasteiger partial charge in [0.1, 0.15) is 0 Å². The van der Waals surface area contributed by atoms with Crippen LogP contribution in [-0.2, 0) is 11.3 Å². The maximum Gasteiger partial charge on any atom is 0.0869 e. The number of anilines is 1. The molecule has 0 spiro atoms. The van der Waals surface area contributed by atoms with E-state index in [0.717, 1.165) is 37.6 Å². The Bertz CT molecular complexity index is 509. The molecule has 128 valence electrons. The first-order valence-corrected chi connectivity index (χ1v) is 9.70. The SMILES string of the molecule is CC1CN(c2ccccc2CNCC2(O)CCSC2)CC(C)O1. The molecule has 0 amide bonds. The largest absolute Gasteiger partial charge is 0.388 e. The van der Waals surface area contributed by atoms with E-state index in [4.69, 9.17) is 4.74 Å². The summed E-state index contributed by atoms with van der Waals surface area (Å²) < 4.78 is 5.85. The quantitative estimate of drug-likeness (QED) is 0.863. The summed E-state index contributed by atoms with van der Waals surface area (Å²) in [7, 11) is 0. The predicted octanol–water partition coefficient (Wildman–Crippen LogP) is 2.26. The molecule has 0 bridgehead atoms. The summed E-state index contributed by atoms with van der Waals surface area (Å²) in [6.45, 7) is 7.60. The Morgan fingerprint density at radius 3 is 2.74 bits per heavy atom. The lowest BCUT2D eigenvalue weighted by molar-refractivity contribution is -0.00526. The lowest BCUT2D eigenvalue weighted by atomic mass is 10.0. The second kappa shape index (κ2) is 7.43. The number of benzene rings is 1. The van der Waals surface area contributed by atoms with Gasteiger partial charge in [-0.05, 0) is 37.7 Å².